The zero-order valence-corrected chi connectivity index (χ0v) is 17.5. The van der Waals surface area contributed by atoms with E-state index in [2.05, 4.69) is 5.32 Å². The van der Waals surface area contributed by atoms with Crippen LogP contribution in [-0.2, 0) is 18.8 Å². The normalized spacial score (nSPS) is 14.1. The van der Waals surface area contributed by atoms with Crippen LogP contribution in [0.1, 0.15) is 46.5 Å². The molecule has 0 aliphatic heterocycles. The third kappa shape index (κ3) is 15.2. The van der Waals surface area contributed by atoms with E-state index in [1.165, 1.54) is 0 Å². The molecular weight excluding hydrogens is 332 g/mol. The van der Waals surface area contributed by atoms with Crippen molar-refractivity contribution in [2.45, 2.75) is 52.5 Å². The summed E-state index contributed by atoms with van der Waals surface area (Å²) in [5, 5.41) is 2.55. The molecule has 0 spiro atoms. The van der Waals surface area contributed by atoms with Gasteiger partial charge in [-0.2, -0.15) is 0 Å². The predicted octanol–water partition coefficient (Wildman–Crippen LogP) is -1.11. The molecule has 0 saturated heterocycles. The summed E-state index contributed by atoms with van der Waals surface area (Å²) in [5.41, 5.74) is 0. The van der Waals surface area contributed by atoms with Crippen LogP contribution < -0.4 is 39.8 Å². The van der Waals surface area contributed by atoms with Crippen molar-refractivity contribution in [1.29, 1.82) is 0 Å². The van der Waals surface area contributed by atoms with Gasteiger partial charge in [-0.05, 0) is 32.1 Å². The Kier molecular flexibility index (Phi) is 15.6. The van der Waals surface area contributed by atoms with Crippen LogP contribution in [0.2, 0.25) is 0 Å². The van der Waals surface area contributed by atoms with E-state index in [-0.39, 0.29) is 67.1 Å². The Bertz CT molecular complexity index is 393. The van der Waals surface area contributed by atoms with Crippen molar-refractivity contribution in [3.63, 3.8) is 0 Å². The number of carbonyl (C=O) groups is 2. The molecule has 1 N–H and O–H groups in total. The van der Waals surface area contributed by atoms with Crippen LogP contribution in [0.5, 0.6) is 0 Å². The van der Waals surface area contributed by atoms with Crippen molar-refractivity contribution in [2.24, 2.45) is 0 Å². The first-order valence-electron chi connectivity index (χ1n) is 7.68. The number of alkyl carbamates (subject to hydrolysis) is 1. The maximum atomic E-state index is 11.6. The average Bonchev–Trinajstić information content (AvgIpc) is 2.42. The van der Waals surface area contributed by atoms with Gasteiger partial charge in [-0.1, -0.05) is 20.3 Å². The topological polar surface area (TPSA) is 105 Å². The fourth-order valence-corrected chi connectivity index (χ4v) is 3.41. The largest absolute Gasteiger partial charge is 1.00 e. The molecule has 0 radical (unpaired) electrons. The number of carbonyl (C=O) groups excluding carboxylic acids is 2. The summed E-state index contributed by atoms with van der Waals surface area (Å²) >= 11 is 0. The fourth-order valence-electron chi connectivity index (χ4n) is 1.72. The van der Waals surface area contributed by atoms with Gasteiger partial charge in [0.2, 0.25) is 0 Å². The Labute approximate surface area is 160 Å². The molecule has 9 heteroatoms. The smallest absolute Gasteiger partial charge is 0.799 e. The molecule has 1 amide bonds. The zero-order chi connectivity index (χ0) is 17.0. The van der Waals surface area contributed by atoms with E-state index in [9.17, 15) is 19.0 Å². The number of amides is 1. The molecule has 0 fully saturated rings. The summed E-state index contributed by atoms with van der Waals surface area (Å²) in [6.45, 7) is 5.40. The van der Waals surface area contributed by atoms with Gasteiger partial charge >= 0.3 is 41.6 Å². The van der Waals surface area contributed by atoms with Gasteiger partial charge < -0.3 is 24.2 Å². The second-order valence-corrected chi connectivity index (χ2v) is 7.73. The summed E-state index contributed by atoms with van der Waals surface area (Å²) in [4.78, 5) is 34.1. The van der Waals surface area contributed by atoms with Crippen molar-refractivity contribution in [2.75, 3.05) is 25.5 Å². The molecule has 0 aliphatic carbocycles. The van der Waals surface area contributed by atoms with Crippen molar-refractivity contribution in [3.8, 4) is 0 Å². The first-order valence-corrected chi connectivity index (χ1v) is 9.68. The van der Waals surface area contributed by atoms with Crippen molar-refractivity contribution in [1.82, 2.24) is 5.32 Å². The van der Waals surface area contributed by atoms with Gasteiger partial charge in [0.1, 0.15) is 13.2 Å². The number of ether oxygens (including phenoxy) is 2. The Morgan fingerprint density at radius 1 is 1.13 bits per heavy atom. The summed E-state index contributed by atoms with van der Waals surface area (Å²) in [6, 6.07) is -0.297. The van der Waals surface area contributed by atoms with Gasteiger partial charge in [0.15, 0.2) is 0 Å². The Balaban J connectivity index is 0. The molecule has 23 heavy (non-hydrogen) atoms. The number of hydrogen-bond acceptors (Lipinski definition) is 6. The van der Waals surface area contributed by atoms with Crippen molar-refractivity contribution < 1.29 is 58.1 Å². The second kappa shape index (κ2) is 14.3. The van der Waals surface area contributed by atoms with E-state index in [0.717, 1.165) is 0 Å². The molecule has 0 saturated carbocycles. The Morgan fingerprint density at radius 3 is 2.30 bits per heavy atom. The Hall–Kier alpha value is -0.0700. The summed E-state index contributed by atoms with van der Waals surface area (Å²) < 4.78 is 21.3. The van der Waals surface area contributed by atoms with Crippen LogP contribution in [-0.4, -0.2) is 43.6 Å². The molecule has 0 bridgehead atoms. The van der Waals surface area contributed by atoms with Gasteiger partial charge in [-0.25, -0.2) is 4.79 Å². The van der Waals surface area contributed by atoms with E-state index in [4.69, 9.17) is 9.47 Å². The van der Waals surface area contributed by atoms with E-state index in [0.29, 0.717) is 25.7 Å². The van der Waals surface area contributed by atoms with Gasteiger partial charge in [0, 0.05) is 19.8 Å². The summed E-state index contributed by atoms with van der Waals surface area (Å²) in [5.74, 6) is -0.318. The molecule has 130 valence electrons. The summed E-state index contributed by atoms with van der Waals surface area (Å²) in [6.07, 6.45) is 1.61. The SMILES string of the molecule is CCCC(=O)OCCOC(=O)NC(C)CCP(=O)([O-])CCC.[Na+]. The first-order chi connectivity index (χ1) is 10.3. The molecule has 2 unspecified atom stereocenters. The van der Waals surface area contributed by atoms with Crippen molar-refractivity contribution in [3.05, 3.63) is 0 Å². The van der Waals surface area contributed by atoms with Crippen LogP contribution in [0, 0.1) is 0 Å². The van der Waals surface area contributed by atoms with Gasteiger partial charge in [-0.3, -0.25) is 4.79 Å². The first kappa shape index (κ1) is 25.2. The average molecular weight is 359 g/mol. The zero-order valence-electron chi connectivity index (χ0n) is 14.6. The van der Waals surface area contributed by atoms with E-state index >= 15 is 0 Å². The molecule has 0 aromatic carbocycles. The van der Waals surface area contributed by atoms with E-state index < -0.39 is 13.5 Å². The fraction of sp³-hybridized carbons (Fsp3) is 0.857. The number of esters is 1. The monoisotopic (exact) mass is 359 g/mol. The number of hydrogen-bond donors (Lipinski definition) is 1. The molecule has 0 rings (SSSR count). The molecule has 0 aromatic heterocycles. The predicted molar refractivity (Wildman–Crippen MR) is 82.1 cm³/mol. The molecule has 7 nitrogen and oxygen atoms in total. The van der Waals surface area contributed by atoms with Crippen LogP contribution in [0.4, 0.5) is 4.79 Å². The van der Waals surface area contributed by atoms with Crippen LogP contribution >= 0.6 is 7.37 Å². The number of nitrogens with one attached hydrogen (secondary N) is 1. The quantitative estimate of drug-likeness (QED) is 0.217. The third-order valence-electron chi connectivity index (χ3n) is 2.87. The van der Waals surface area contributed by atoms with Crippen LogP contribution in [0.25, 0.3) is 0 Å². The van der Waals surface area contributed by atoms with Crippen molar-refractivity contribution >= 4 is 19.4 Å². The third-order valence-corrected chi connectivity index (χ3v) is 4.93. The van der Waals surface area contributed by atoms with Gasteiger partial charge in [-0.15, -0.1) is 0 Å². The van der Waals surface area contributed by atoms with Crippen LogP contribution in [0.15, 0.2) is 0 Å². The molecule has 2 atom stereocenters. The molecule has 0 heterocycles. The van der Waals surface area contributed by atoms with E-state index in [1.54, 1.807) is 6.92 Å². The Morgan fingerprint density at radius 2 is 1.74 bits per heavy atom. The van der Waals surface area contributed by atoms with Gasteiger partial charge in [0.25, 0.3) is 0 Å². The molecule has 0 aromatic rings. The van der Waals surface area contributed by atoms with Gasteiger partial charge in [0.05, 0.1) is 0 Å². The minimum absolute atomic E-state index is 0. The molecule has 0 aliphatic rings. The van der Waals surface area contributed by atoms with Crippen LogP contribution in [0.3, 0.4) is 0 Å². The minimum atomic E-state index is -3.33. The standard InChI is InChI=1S/C14H28NO6P.Na/c1-4-6-13(16)20-8-9-21-14(17)15-12(3)7-11-22(18,19)10-5-2;/h12H,4-11H2,1-3H3,(H,15,17)(H,18,19);/q;+1/p-1. The second-order valence-electron chi connectivity index (χ2n) is 5.20. The minimum Gasteiger partial charge on any atom is -0.799 e. The maximum absolute atomic E-state index is 11.6. The summed E-state index contributed by atoms with van der Waals surface area (Å²) in [7, 11) is -3.33. The maximum Gasteiger partial charge on any atom is 1.00 e. The molecular formula is C14H27NNaO6P. The number of rotatable bonds is 11. The van der Waals surface area contributed by atoms with E-state index in [1.807, 2.05) is 13.8 Å².